The van der Waals surface area contributed by atoms with E-state index in [1.807, 2.05) is 18.2 Å². The number of aryl methyl sites for hydroxylation is 1. The van der Waals surface area contributed by atoms with Crippen molar-refractivity contribution in [1.82, 2.24) is 4.90 Å². The molecule has 5 nitrogen and oxygen atoms in total. The van der Waals surface area contributed by atoms with Gasteiger partial charge in [0.1, 0.15) is 18.1 Å². The van der Waals surface area contributed by atoms with Crippen molar-refractivity contribution in [2.75, 3.05) is 44.8 Å². The standard InChI is InChI=1S/C34H43FN2O3/c1-4-37(23-25-5-12-34(32(35)19-25)40-18-17-36-15-13-24(2)14-16-36)33-22-30(39-3)10-11-31(33)28-7-6-27-21-29(38)9-8-26(27)20-28/h5,8-12,19,21-22,24,28,38H,4,6-7,13-18,20,23H2,1-3H3. The summed E-state index contributed by atoms with van der Waals surface area (Å²) in [5.41, 5.74) is 5.86. The Labute approximate surface area is 238 Å². The van der Waals surface area contributed by atoms with Crippen molar-refractivity contribution in [3.63, 3.8) is 0 Å². The summed E-state index contributed by atoms with van der Waals surface area (Å²) in [5, 5.41) is 9.90. The molecular formula is C34H43FN2O3. The average Bonchev–Trinajstić information content (AvgIpc) is 2.97. The lowest BCUT2D eigenvalue weighted by Gasteiger charge is -2.32. The van der Waals surface area contributed by atoms with Crippen LogP contribution in [0, 0.1) is 11.7 Å². The summed E-state index contributed by atoms with van der Waals surface area (Å²) in [6.45, 7) is 9.36. The Morgan fingerprint density at radius 1 is 1.00 bits per heavy atom. The zero-order chi connectivity index (χ0) is 28.1. The predicted octanol–water partition coefficient (Wildman–Crippen LogP) is 6.95. The van der Waals surface area contributed by atoms with Crippen LogP contribution in [0.1, 0.15) is 61.3 Å². The highest BCUT2D eigenvalue weighted by molar-refractivity contribution is 5.60. The number of piperidine rings is 1. The fourth-order valence-corrected chi connectivity index (χ4v) is 6.19. The van der Waals surface area contributed by atoms with Crippen LogP contribution in [0.4, 0.5) is 10.1 Å². The van der Waals surface area contributed by atoms with Crippen LogP contribution in [0.2, 0.25) is 0 Å². The molecule has 1 fully saturated rings. The van der Waals surface area contributed by atoms with E-state index in [4.69, 9.17) is 9.47 Å². The topological polar surface area (TPSA) is 45.2 Å². The zero-order valence-corrected chi connectivity index (χ0v) is 24.2. The minimum atomic E-state index is -0.307. The lowest BCUT2D eigenvalue weighted by atomic mass is 9.79. The normalized spacial score (nSPS) is 17.9. The Morgan fingerprint density at radius 3 is 2.58 bits per heavy atom. The first-order valence-electron chi connectivity index (χ1n) is 14.8. The first kappa shape index (κ1) is 28.3. The summed E-state index contributed by atoms with van der Waals surface area (Å²) in [6, 6.07) is 17.4. The molecule has 0 bridgehead atoms. The van der Waals surface area contributed by atoms with Crippen molar-refractivity contribution in [2.24, 2.45) is 5.92 Å². The van der Waals surface area contributed by atoms with Gasteiger partial charge in [-0.05, 0) is 117 Å². The molecule has 1 aliphatic carbocycles. The van der Waals surface area contributed by atoms with Gasteiger partial charge >= 0.3 is 0 Å². The monoisotopic (exact) mass is 546 g/mol. The van der Waals surface area contributed by atoms with Gasteiger partial charge in [-0.3, -0.25) is 4.90 Å². The van der Waals surface area contributed by atoms with Gasteiger partial charge in [0.15, 0.2) is 11.6 Å². The second-order valence-corrected chi connectivity index (χ2v) is 11.5. The second-order valence-electron chi connectivity index (χ2n) is 11.5. The number of nitrogens with zero attached hydrogens (tertiary/aromatic N) is 2. The Kier molecular flexibility index (Phi) is 9.15. The second kappa shape index (κ2) is 12.9. The van der Waals surface area contributed by atoms with E-state index in [0.717, 1.165) is 68.4 Å². The SMILES string of the molecule is CCN(Cc1ccc(OCCN2CCC(C)CC2)c(F)c1)c1cc(OC)ccc1C1CCc2cc(O)ccc2C1. The number of benzene rings is 3. The van der Waals surface area contributed by atoms with Gasteiger partial charge < -0.3 is 19.5 Å². The third-order valence-electron chi connectivity index (χ3n) is 8.73. The minimum Gasteiger partial charge on any atom is -0.508 e. The molecule has 5 rings (SSSR count). The molecular weight excluding hydrogens is 503 g/mol. The number of likely N-dealkylation sites (tertiary alicyclic amines) is 1. The third kappa shape index (κ3) is 6.72. The van der Waals surface area contributed by atoms with Crippen LogP contribution in [0.15, 0.2) is 54.6 Å². The van der Waals surface area contributed by atoms with Gasteiger partial charge in [-0.25, -0.2) is 4.39 Å². The molecule has 0 aromatic heterocycles. The van der Waals surface area contributed by atoms with Crippen LogP contribution in [0.5, 0.6) is 17.2 Å². The number of anilines is 1. The zero-order valence-electron chi connectivity index (χ0n) is 24.2. The Balaban J connectivity index is 1.28. The van der Waals surface area contributed by atoms with Gasteiger partial charge in [-0.15, -0.1) is 0 Å². The molecule has 214 valence electrons. The lowest BCUT2D eigenvalue weighted by Crippen LogP contribution is -2.35. The van der Waals surface area contributed by atoms with E-state index in [1.54, 1.807) is 25.3 Å². The summed E-state index contributed by atoms with van der Waals surface area (Å²) in [7, 11) is 1.69. The number of rotatable bonds is 10. The number of phenols is 1. The van der Waals surface area contributed by atoms with Crippen molar-refractivity contribution in [3.8, 4) is 17.2 Å². The lowest BCUT2D eigenvalue weighted by molar-refractivity contribution is 0.158. The minimum absolute atomic E-state index is 0.307. The molecule has 2 aliphatic rings. The summed E-state index contributed by atoms with van der Waals surface area (Å²) in [6.07, 6.45) is 5.35. The number of fused-ring (bicyclic) bond motifs is 1. The molecule has 1 aliphatic heterocycles. The summed E-state index contributed by atoms with van der Waals surface area (Å²) in [5.74, 6) is 2.33. The van der Waals surface area contributed by atoms with Crippen LogP contribution < -0.4 is 14.4 Å². The van der Waals surface area contributed by atoms with Crippen molar-refractivity contribution in [1.29, 1.82) is 0 Å². The Hall–Kier alpha value is -3.25. The number of methoxy groups -OCH3 is 1. The molecule has 0 saturated carbocycles. The smallest absolute Gasteiger partial charge is 0.165 e. The van der Waals surface area contributed by atoms with Crippen LogP contribution >= 0.6 is 0 Å². The first-order valence-corrected chi connectivity index (χ1v) is 14.8. The Morgan fingerprint density at radius 2 is 1.82 bits per heavy atom. The van der Waals surface area contributed by atoms with Crippen molar-refractivity contribution in [3.05, 3.63) is 82.7 Å². The maximum absolute atomic E-state index is 15.1. The summed E-state index contributed by atoms with van der Waals surface area (Å²) >= 11 is 0. The quantitative estimate of drug-likeness (QED) is 0.298. The van der Waals surface area contributed by atoms with Gasteiger partial charge in [0, 0.05) is 31.4 Å². The molecule has 0 radical (unpaired) electrons. The summed E-state index contributed by atoms with van der Waals surface area (Å²) < 4.78 is 26.5. The van der Waals surface area contributed by atoms with Crippen LogP contribution in [0.3, 0.4) is 0 Å². The molecule has 0 amide bonds. The van der Waals surface area contributed by atoms with Crippen LogP contribution in [0.25, 0.3) is 0 Å². The highest BCUT2D eigenvalue weighted by Crippen LogP contribution is 2.40. The van der Waals surface area contributed by atoms with Gasteiger partial charge in [0.2, 0.25) is 0 Å². The number of hydrogen-bond donors (Lipinski definition) is 1. The Bertz CT molecular complexity index is 1290. The van der Waals surface area contributed by atoms with Crippen molar-refractivity contribution >= 4 is 5.69 Å². The largest absolute Gasteiger partial charge is 0.508 e. The van der Waals surface area contributed by atoms with E-state index in [9.17, 15) is 5.11 Å². The molecule has 0 spiro atoms. The number of halogens is 1. The number of ether oxygens (including phenoxy) is 2. The van der Waals surface area contributed by atoms with Crippen LogP contribution in [-0.4, -0.2) is 49.9 Å². The number of phenolic OH excluding ortho intramolecular Hbond substituents is 1. The van der Waals surface area contributed by atoms with Gasteiger partial charge in [0.05, 0.1) is 7.11 Å². The van der Waals surface area contributed by atoms with E-state index in [0.29, 0.717) is 30.6 Å². The van der Waals surface area contributed by atoms with Gasteiger partial charge in [-0.2, -0.15) is 0 Å². The van der Waals surface area contributed by atoms with E-state index >= 15 is 4.39 Å². The highest BCUT2D eigenvalue weighted by atomic mass is 19.1. The molecule has 6 heteroatoms. The van der Waals surface area contributed by atoms with Gasteiger partial charge in [-0.1, -0.05) is 25.1 Å². The number of hydrogen-bond acceptors (Lipinski definition) is 5. The molecule has 1 heterocycles. The fourth-order valence-electron chi connectivity index (χ4n) is 6.19. The van der Waals surface area contributed by atoms with E-state index in [1.165, 1.54) is 29.5 Å². The molecule has 1 saturated heterocycles. The molecule has 1 atom stereocenters. The number of aromatic hydroxyl groups is 1. The predicted molar refractivity (Wildman–Crippen MR) is 159 cm³/mol. The van der Waals surface area contributed by atoms with Gasteiger partial charge in [0.25, 0.3) is 0 Å². The molecule has 3 aromatic carbocycles. The highest BCUT2D eigenvalue weighted by Gasteiger charge is 2.25. The first-order chi connectivity index (χ1) is 19.4. The molecule has 40 heavy (non-hydrogen) atoms. The molecule has 3 aromatic rings. The summed E-state index contributed by atoms with van der Waals surface area (Å²) in [4.78, 5) is 4.71. The van der Waals surface area contributed by atoms with Crippen molar-refractivity contribution in [2.45, 2.75) is 58.4 Å². The third-order valence-corrected chi connectivity index (χ3v) is 8.73. The maximum Gasteiger partial charge on any atom is 0.165 e. The van der Waals surface area contributed by atoms with Crippen LogP contribution in [-0.2, 0) is 19.4 Å². The molecule has 1 unspecified atom stereocenters. The van der Waals surface area contributed by atoms with E-state index < -0.39 is 0 Å². The fraction of sp³-hybridized carbons (Fsp3) is 0.471. The average molecular weight is 547 g/mol. The van der Waals surface area contributed by atoms with E-state index in [2.05, 4.69) is 41.8 Å². The van der Waals surface area contributed by atoms with E-state index in [-0.39, 0.29) is 5.82 Å². The molecule has 1 N–H and O–H groups in total. The van der Waals surface area contributed by atoms with Crippen molar-refractivity contribution < 1.29 is 19.0 Å². The maximum atomic E-state index is 15.1.